The van der Waals surface area contributed by atoms with E-state index in [1.165, 1.54) is 28.5 Å². The van der Waals surface area contributed by atoms with Crippen LogP contribution in [0.2, 0.25) is 10.0 Å². The predicted octanol–water partition coefficient (Wildman–Crippen LogP) is 4.68. The van der Waals surface area contributed by atoms with Crippen molar-refractivity contribution in [1.82, 2.24) is 9.88 Å². The third kappa shape index (κ3) is 4.61. The van der Waals surface area contributed by atoms with Gasteiger partial charge < -0.3 is 4.90 Å². The van der Waals surface area contributed by atoms with E-state index >= 15 is 0 Å². The number of nitrogens with zero attached hydrogens (tertiary/aromatic N) is 3. The largest absolute Gasteiger partial charge is 0.342 e. The number of carbonyl (C=O) groups excluding carboxylic acids is 1. The summed E-state index contributed by atoms with van der Waals surface area (Å²) in [6.45, 7) is 1.32. The van der Waals surface area contributed by atoms with Gasteiger partial charge in [0, 0.05) is 46.2 Å². The average Bonchev–Trinajstić information content (AvgIpc) is 2.95. The lowest BCUT2D eigenvalue weighted by Gasteiger charge is -2.30. The van der Waals surface area contributed by atoms with E-state index < -0.39 is 0 Å². The zero-order chi connectivity index (χ0) is 22.9. The maximum Gasteiger partial charge on any atom is 0.227 e. The first-order valence-electron chi connectivity index (χ1n) is 11.1. The maximum absolute atomic E-state index is 12.9. The lowest BCUT2D eigenvalue weighted by Crippen LogP contribution is -2.38. The van der Waals surface area contributed by atoms with Crippen molar-refractivity contribution in [2.24, 2.45) is 0 Å². The highest BCUT2D eigenvalue weighted by Crippen LogP contribution is 2.39. The summed E-state index contributed by atoms with van der Waals surface area (Å²) in [5, 5.41) is 11.0. The van der Waals surface area contributed by atoms with Crippen molar-refractivity contribution >= 4 is 34.7 Å². The first kappa shape index (κ1) is 21.9. The molecule has 1 aliphatic carbocycles. The highest BCUT2D eigenvalue weighted by molar-refractivity contribution is 6.31. The summed E-state index contributed by atoms with van der Waals surface area (Å²) in [7, 11) is 0. The summed E-state index contributed by atoms with van der Waals surface area (Å²) in [5.74, 6) is 0.0728. The van der Waals surface area contributed by atoms with Crippen LogP contribution in [-0.2, 0) is 24.1 Å². The third-order valence-corrected chi connectivity index (χ3v) is 6.89. The SMILES string of the molecule is O=C(Cc1ccc[n+](O)c1)N1CCC(=C2c3ccc(Cl)cc3CCc3cc(Cl)cnc32)CC1. The molecule has 0 spiro atoms. The van der Waals surface area contributed by atoms with Crippen LogP contribution in [0.4, 0.5) is 0 Å². The van der Waals surface area contributed by atoms with Gasteiger partial charge in [0.25, 0.3) is 0 Å². The Morgan fingerprint density at radius 2 is 1.79 bits per heavy atom. The van der Waals surface area contributed by atoms with Crippen LogP contribution in [0.25, 0.3) is 5.57 Å². The molecule has 1 saturated heterocycles. The Morgan fingerprint density at radius 1 is 1.03 bits per heavy atom. The van der Waals surface area contributed by atoms with E-state index in [0.29, 0.717) is 18.1 Å². The number of hydrogen-bond acceptors (Lipinski definition) is 3. The smallest absolute Gasteiger partial charge is 0.227 e. The number of aryl methyl sites for hydroxylation is 2. The standard InChI is InChI=1S/C26H24Cl2N3O2/c27-21-5-6-23-19(13-21)3-4-20-14-22(28)15-29-26(20)25(23)18-7-10-30(11-8-18)24(32)12-17-2-1-9-31(33)16-17/h1-2,5-6,9,13-16,33H,3-4,7-8,10-12H2/q+1. The van der Waals surface area contributed by atoms with Crippen LogP contribution in [0.5, 0.6) is 0 Å². The van der Waals surface area contributed by atoms with E-state index in [1.54, 1.807) is 18.5 Å². The van der Waals surface area contributed by atoms with E-state index in [-0.39, 0.29) is 12.3 Å². The molecule has 7 heteroatoms. The first-order valence-corrected chi connectivity index (χ1v) is 11.9. The van der Waals surface area contributed by atoms with Crippen molar-refractivity contribution in [3.63, 3.8) is 0 Å². The number of piperidine rings is 1. The number of rotatable bonds is 2. The maximum atomic E-state index is 12.9. The Hall–Kier alpha value is -2.89. The van der Waals surface area contributed by atoms with Gasteiger partial charge in [0.15, 0.2) is 0 Å². The number of fused-ring (bicyclic) bond motifs is 2. The lowest BCUT2D eigenvalue weighted by molar-refractivity contribution is -0.905. The van der Waals surface area contributed by atoms with Crippen LogP contribution in [0.15, 0.2) is 60.6 Å². The number of amides is 1. The number of pyridine rings is 2. The molecule has 0 radical (unpaired) electrons. The Labute approximate surface area is 202 Å². The molecule has 3 heterocycles. The van der Waals surface area contributed by atoms with Gasteiger partial charge in [-0.15, -0.1) is 0 Å². The summed E-state index contributed by atoms with van der Waals surface area (Å²) < 4.78 is 0.980. The summed E-state index contributed by atoms with van der Waals surface area (Å²) >= 11 is 12.6. The highest BCUT2D eigenvalue weighted by Gasteiger charge is 2.27. The van der Waals surface area contributed by atoms with Crippen LogP contribution in [0, 0.1) is 0 Å². The van der Waals surface area contributed by atoms with Crippen LogP contribution < -0.4 is 4.73 Å². The van der Waals surface area contributed by atoms with Gasteiger partial charge in [0.05, 0.1) is 17.1 Å². The van der Waals surface area contributed by atoms with Crippen LogP contribution >= 0.6 is 23.2 Å². The normalized spacial score (nSPS) is 15.6. The van der Waals surface area contributed by atoms with E-state index in [0.717, 1.165) is 52.3 Å². The molecular weight excluding hydrogens is 457 g/mol. The number of aromatic nitrogens is 2. The van der Waals surface area contributed by atoms with Crippen molar-refractivity contribution in [2.75, 3.05) is 13.1 Å². The number of hydrogen-bond donors (Lipinski definition) is 1. The van der Waals surface area contributed by atoms with Crippen LogP contribution in [0.3, 0.4) is 0 Å². The minimum absolute atomic E-state index is 0.0728. The second-order valence-corrected chi connectivity index (χ2v) is 9.46. The van der Waals surface area contributed by atoms with Gasteiger partial charge in [-0.05, 0) is 66.6 Å². The van der Waals surface area contributed by atoms with E-state index in [9.17, 15) is 10.0 Å². The number of benzene rings is 1. The quantitative estimate of drug-likeness (QED) is 0.427. The van der Waals surface area contributed by atoms with Gasteiger partial charge in [-0.25, -0.2) is 0 Å². The fraction of sp³-hybridized carbons (Fsp3) is 0.269. The van der Waals surface area contributed by atoms with Gasteiger partial charge >= 0.3 is 0 Å². The van der Waals surface area contributed by atoms with Crippen LogP contribution in [0.1, 0.15) is 40.8 Å². The van der Waals surface area contributed by atoms with Crippen LogP contribution in [-0.4, -0.2) is 34.1 Å². The molecule has 0 saturated carbocycles. The Morgan fingerprint density at radius 3 is 2.58 bits per heavy atom. The van der Waals surface area contributed by atoms with Gasteiger partial charge in [-0.2, -0.15) is 0 Å². The lowest BCUT2D eigenvalue weighted by atomic mass is 9.88. The zero-order valence-electron chi connectivity index (χ0n) is 18.1. The molecule has 0 atom stereocenters. The molecule has 1 N–H and O–H groups in total. The van der Waals surface area contributed by atoms with Crippen molar-refractivity contribution in [3.8, 4) is 0 Å². The average molecular weight is 481 g/mol. The fourth-order valence-electron chi connectivity index (χ4n) is 4.84. The van der Waals surface area contributed by atoms with E-state index in [4.69, 9.17) is 28.2 Å². The predicted molar refractivity (Wildman–Crippen MR) is 127 cm³/mol. The van der Waals surface area contributed by atoms with Crippen molar-refractivity contribution < 1.29 is 14.7 Å². The Bertz CT molecular complexity index is 1210. The molecule has 2 aliphatic rings. The molecule has 1 aromatic carbocycles. The molecule has 168 valence electrons. The van der Waals surface area contributed by atoms with Gasteiger partial charge in [0.1, 0.15) is 0 Å². The summed E-state index contributed by atoms with van der Waals surface area (Å²) in [4.78, 5) is 19.5. The molecule has 2 aromatic heterocycles. The Kier molecular flexibility index (Phi) is 6.09. The summed E-state index contributed by atoms with van der Waals surface area (Å²) in [6.07, 6.45) is 8.42. The molecule has 33 heavy (non-hydrogen) atoms. The minimum Gasteiger partial charge on any atom is -0.342 e. The van der Waals surface area contributed by atoms with Gasteiger partial charge in [-0.1, -0.05) is 34.8 Å². The fourth-order valence-corrected chi connectivity index (χ4v) is 5.22. The van der Waals surface area contributed by atoms with E-state index in [2.05, 4.69) is 12.1 Å². The number of carbonyl (C=O) groups is 1. The summed E-state index contributed by atoms with van der Waals surface area (Å²) in [6, 6.07) is 11.7. The molecule has 5 nitrogen and oxygen atoms in total. The zero-order valence-corrected chi connectivity index (χ0v) is 19.6. The van der Waals surface area contributed by atoms with Crippen molar-refractivity contribution in [1.29, 1.82) is 0 Å². The number of likely N-dealkylation sites (tertiary alicyclic amines) is 1. The topological polar surface area (TPSA) is 57.3 Å². The van der Waals surface area contributed by atoms with Gasteiger partial charge in [0.2, 0.25) is 18.3 Å². The molecule has 1 amide bonds. The van der Waals surface area contributed by atoms with E-state index in [1.807, 2.05) is 23.1 Å². The summed E-state index contributed by atoms with van der Waals surface area (Å²) in [5.41, 5.74) is 7.82. The highest BCUT2D eigenvalue weighted by atomic mass is 35.5. The third-order valence-electron chi connectivity index (χ3n) is 6.45. The number of halogens is 2. The minimum atomic E-state index is 0.0728. The first-order chi connectivity index (χ1) is 16.0. The monoisotopic (exact) mass is 480 g/mol. The van der Waals surface area contributed by atoms with Gasteiger partial charge in [-0.3, -0.25) is 15.0 Å². The molecule has 0 unspecified atom stereocenters. The molecule has 0 bridgehead atoms. The molecule has 5 rings (SSSR count). The second kappa shape index (κ2) is 9.16. The molecule has 1 aliphatic heterocycles. The second-order valence-electron chi connectivity index (χ2n) is 8.59. The van der Waals surface area contributed by atoms with Crippen molar-refractivity contribution in [2.45, 2.75) is 32.1 Å². The van der Waals surface area contributed by atoms with Crippen molar-refractivity contribution in [3.05, 3.63) is 98.6 Å². The Balaban J connectivity index is 1.44. The molecule has 1 fully saturated rings. The molecular formula is C26H24Cl2N3O2+. The molecule has 3 aromatic rings.